The van der Waals surface area contributed by atoms with Crippen LogP contribution in [0.15, 0.2) is 22.7 Å². The molecule has 1 aromatic carbocycles. The zero-order chi connectivity index (χ0) is 11.5. The summed E-state index contributed by atoms with van der Waals surface area (Å²) in [7, 11) is 0. The van der Waals surface area contributed by atoms with E-state index in [0.717, 1.165) is 22.1 Å². The van der Waals surface area contributed by atoms with Crippen LogP contribution in [0, 0.1) is 12.8 Å². The number of amides is 1. The highest BCUT2D eigenvalue weighted by molar-refractivity contribution is 9.10. The lowest BCUT2D eigenvalue weighted by atomic mass is 10.1. The average molecular weight is 284 g/mol. The summed E-state index contributed by atoms with van der Waals surface area (Å²) < 4.78 is 6.17. The van der Waals surface area contributed by atoms with Gasteiger partial charge in [-0.1, -0.05) is 22.0 Å². The van der Waals surface area contributed by atoms with E-state index in [4.69, 9.17) is 4.74 Å². The zero-order valence-corrected chi connectivity index (χ0v) is 10.7. The molecule has 1 aromatic rings. The predicted octanol–water partition coefficient (Wildman–Crippen LogP) is 2.73. The van der Waals surface area contributed by atoms with Gasteiger partial charge in [0.05, 0.1) is 12.5 Å². The monoisotopic (exact) mass is 283 g/mol. The molecule has 1 atom stereocenters. The third-order valence-electron chi connectivity index (χ3n) is 2.76. The molecule has 1 N–H and O–H groups in total. The number of carbonyl (C=O) groups is 1. The van der Waals surface area contributed by atoms with E-state index in [-0.39, 0.29) is 11.8 Å². The molecule has 16 heavy (non-hydrogen) atoms. The Morgan fingerprint density at radius 2 is 2.38 bits per heavy atom. The molecule has 86 valence electrons. The van der Waals surface area contributed by atoms with Gasteiger partial charge in [0.15, 0.2) is 0 Å². The van der Waals surface area contributed by atoms with Crippen LogP contribution in [0.4, 0.5) is 5.69 Å². The maximum Gasteiger partial charge on any atom is 0.229 e. The lowest BCUT2D eigenvalue weighted by Gasteiger charge is -2.11. The molecule has 4 heteroatoms. The number of hydrogen-bond acceptors (Lipinski definition) is 2. The van der Waals surface area contributed by atoms with Crippen molar-refractivity contribution >= 4 is 27.5 Å². The van der Waals surface area contributed by atoms with Gasteiger partial charge < -0.3 is 10.1 Å². The van der Waals surface area contributed by atoms with Crippen LogP contribution in [-0.2, 0) is 9.53 Å². The van der Waals surface area contributed by atoms with E-state index in [1.807, 2.05) is 25.1 Å². The van der Waals surface area contributed by atoms with Gasteiger partial charge in [-0.2, -0.15) is 0 Å². The minimum absolute atomic E-state index is 0.00150. The van der Waals surface area contributed by atoms with Crippen molar-refractivity contribution in [3.05, 3.63) is 28.2 Å². The SMILES string of the molecule is Cc1ccc(Br)cc1NC(=O)C1CCOC1. The normalized spacial score (nSPS) is 19.8. The number of halogens is 1. The molecule has 3 nitrogen and oxygen atoms in total. The molecule has 0 bridgehead atoms. The van der Waals surface area contributed by atoms with Gasteiger partial charge in [0.1, 0.15) is 0 Å². The second kappa shape index (κ2) is 4.97. The maximum absolute atomic E-state index is 11.9. The van der Waals surface area contributed by atoms with Crippen LogP contribution in [0.3, 0.4) is 0 Å². The molecule has 1 saturated heterocycles. The molecule has 1 aliphatic rings. The van der Waals surface area contributed by atoms with E-state index in [9.17, 15) is 4.79 Å². The van der Waals surface area contributed by atoms with Crippen molar-refractivity contribution in [2.45, 2.75) is 13.3 Å². The Bertz CT molecular complexity index is 400. The lowest BCUT2D eigenvalue weighted by molar-refractivity contribution is -0.119. The van der Waals surface area contributed by atoms with Crippen LogP contribution in [0.5, 0.6) is 0 Å². The summed E-state index contributed by atoms with van der Waals surface area (Å²) >= 11 is 3.39. The topological polar surface area (TPSA) is 38.3 Å². The van der Waals surface area contributed by atoms with Gasteiger partial charge in [0.2, 0.25) is 5.91 Å². The Labute approximate surface area is 103 Å². The number of hydrogen-bond donors (Lipinski definition) is 1. The smallest absolute Gasteiger partial charge is 0.229 e. The van der Waals surface area contributed by atoms with E-state index in [1.54, 1.807) is 0 Å². The first-order valence-corrected chi connectivity index (χ1v) is 6.11. The summed E-state index contributed by atoms with van der Waals surface area (Å²) in [6.45, 7) is 3.21. The number of benzene rings is 1. The fourth-order valence-corrected chi connectivity index (χ4v) is 2.07. The van der Waals surface area contributed by atoms with Crippen molar-refractivity contribution in [3.8, 4) is 0 Å². The molecule has 1 aliphatic heterocycles. The zero-order valence-electron chi connectivity index (χ0n) is 9.13. The van der Waals surface area contributed by atoms with Gasteiger partial charge in [-0.15, -0.1) is 0 Å². The van der Waals surface area contributed by atoms with Gasteiger partial charge in [0.25, 0.3) is 0 Å². The summed E-state index contributed by atoms with van der Waals surface area (Å²) in [5, 5.41) is 2.94. The quantitative estimate of drug-likeness (QED) is 0.906. The van der Waals surface area contributed by atoms with Crippen LogP contribution >= 0.6 is 15.9 Å². The Morgan fingerprint density at radius 3 is 3.06 bits per heavy atom. The standard InChI is InChI=1S/C12H14BrNO2/c1-8-2-3-10(13)6-11(8)14-12(15)9-4-5-16-7-9/h2-3,6,9H,4-5,7H2,1H3,(H,14,15). The van der Waals surface area contributed by atoms with Crippen LogP contribution in [-0.4, -0.2) is 19.1 Å². The predicted molar refractivity (Wildman–Crippen MR) is 66.4 cm³/mol. The largest absolute Gasteiger partial charge is 0.381 e. The van der Waals surface area contributed by atoms with Gasteiger partial charge in [-0.05, 0) is 31.0 Å². The third-order valence-corrected chi connectivity index (χ3v) is 3.25. The molecule has 0 aromatic heterocycles. The van der Waals surface area contributed by atoms with Crippen molar-refractivity contribution in [1.82, 2.24) is 0 Å². The number of anilines is 1. The van der Waals surface area contributed by atoms with E-state index in [1.165, 1.54) is 0 Å². The molecular weight excluding hydrogens is 270 g/mol. The summed E-state index contributed by atoms with van der Waals surface area (Å²) in [6.07, 6.45) is 0.818. The first kappa shape index (κ1) is 11.6. The highest BCUT2D eigenvalue weighted by Crippen LogP contribution is 2.22. The van der Waals surface area contributed by atoms with E-state index in [0.29, 0.717) is 13.2 Å². The Balaban J connectivity index is 2.07. The van der Waals surface area contributed by atoms with E-state index in [2.05, 4.69) is 21.2 Å². The first-order chi connectivity index (χ1) is 7.66. The van der Waals surface area contributed by atoms with Gasteiger partial charge in [-0.25, -0.2) is 0 Å². The van der Waals surface area contributed by atoms with Gasteiger partial charge in [0, 0.05) is 16.8 Å². The average Bonchev–Trinajstić information content (AvgIpc) is 2.76. The van der Waals surface area contributed by atoms with Crippen molar-refractivity contribution in [2.75, 3.05) is 18.5 Å². The molecular formula is C12H14BrNO2. The van der Waals surface area contributed by atoms with Crippen molar-refractivity contribution in [2.24, 2.45) is 5.92 Å². The minimum Gasteiger partial charge on any atom is -0.381 e. The molecule has 0 spiro atoms. The summed E-state index contributed by atoms with van der Waals surface area (Å²) in [4.78, 5) is 11.9. The summed E-state index contributed by atoms with van der Waals surface area (Å²) in [5.41, 5.74) is 1.93. The maximum atomic E-state index is 11.9. The Morgan fingerprint density at radius 1 is 1.56 bits per heavy atom. The highest BCUT2D eigenvalue weighted by Gasteiger charge is 2.23. The number of aryl methyl sites for hydroxylation is 1. The van der Waals surface area contributed by atoms with E-state index < -0.39 is 0 Å². The van der Waals surface area contributed by atoms with Crippen LogP contribution in [0.25, 0.3) is 0 Å². The fraction of sp³-hybridized carbons (Fsp3) is 0.417. The number of ether oxygens (including phenoxy) is 1. The molecule has 1 heterocycles. The van der Waals surface area contributed by atoms with Crippen molar-refractivity contribution in [3.63, 3.8) is 0 Å². The Kier molecular flexibility index (Phi) is 3.61. The second-order valence-electron chi connectivity index (χ2n) is 4.01. The second-order valence-corrected chi connectivity index (χ2v) is 4.92. The summed E-state index contributed by atoms with van der Waals surface area (Å²) in [5.74, 6) is 0.0529. The lowest BCUT2D eigenvalue weighted by Crippen LogP contribution is -2.23. The molecule has 0 aliphatic carbocycles. The number of carbonyl (C=O) groups excluding carboxylic acids is 1. The molecule has 0 radical (unpaired) electrons. The highest BCUT2D eigenvalue weighted by atomic mass is 79.9. The molecule has 2 rings (SSSR count). The van der Waals surface area contributed by atoms with Gasteiger partial charge >= 0.3 is 0 Å². The fourth-order valence-electron chi connectivity index (χ4n) is 1.70. The molecule has 0 saturated carbocycles. The minimum atomic E-state index is -0.00150. The van der Waals surface area contributed by atoms with Crippen LogP contribution < -0.4 is 5.32 Å². The Hall–Kier alpha value is -0.870. The molecule has 1 amide bonds. The molecule has 1 unspecified atom stereocenters. The van der Waals surface area contributed by atoms with Crippen molar-refractivity contribution in [1.29, 1.82) is 0 Å². The number of nitrogens with one attached hydrogen (secondary N) is 1. The van der Waals surface area contributed by atoms with Crippen LogP contribution in [0.1, 0.15) is 12.0 Å². The number of rotatable bonds is 2. The first-order valence-electron chi connectivity index (χ1n) is 5.31. The third kappa shape index (κ3) is 2.62. The van der Waals surface area contributed by atoms with Gasteiger partial charge in [-0.3, -0.25) is 4.79 Å². The van der Waals surface area contributed by atoms with E-state index >= 15 is 0 Å². The van der Waals surface area contributed by atoms with Crippen molar-refractivity contribution < 1.29 is 9.53 Å². The summed E-state index contributed by atoms with van der Waals surface area (Å²) in [6, 6.07) is 5.86. The van der Waals surface area contributed by atoms with Crippen LogP contribution in [0.2, 0.25) is 0 Å². The molecule has 1 fully saturated rings.